The van der Waals surface area contributed by atoms with Gasteiger partial charge in [0.05, 0.1) is 31.9 Å². The normalized spacial score (nSPS) is 15.1. The van der Waals surface area contributed by atoms with Crippen molar-refractivity contribution >= 4 is 23.5 Å². The number of hydrogen-bond donors (Lipinski definition) is 2. The van der Waals surface area contributed by atoms with Gasteiger partial charge < -0.3 is 19.5 Å². The summed E-state index contributed by atoms with van der Waals surface area (Å²) in [6.07, 6.45) is 0.395. The predicted molar refractivity (Wildman–Crippen MR) is 99.6 cm³/mol. The smallest absolute Gasteiger partial charge is 0.410 e. The lowest BCUT2D eigenvalue weighted by atomic mass is 9.78. The summed E-state index contributed by atoms with van der Waals surface area (Å²) in [6.45, 7) is 3.93. The van der Waals surface area contributed by atoms with Gasteiger partial charge in [-0.15, -0.1) is 0 Å². The summed E-state index contributed by atoms with van der Waals surface area (Å²) in [5.74, 6) is 1.25. The Morgan fingerprint density at radius 2 is 1.81 bits per heavy atom. The molecule has 0 unspecified atom stereocenters. The summed E-state index contributed by atoms with van der Waals surface area (Å²) in [5.41, 5.74) is 1.39. The second-order valence-corrected chi connectivity index (χ2v) is 6.74. The van der Waals surface area contributed by atoms with Crippen molar-refractivity contribution in [2.45, 2.75) is 25.8 Å². The number of amides is 2. The van der Waals surface area contributed by atoms with Gasteiger partial charge in [-0.1, -0.05) is 0 Å². The molecule has 0 spiro atoms. The number of anilines is 2. The summed E-state index contributed by atoms with van der Waals surface area (Å²) < 4.78 is 10.6. The van der Waals surface area contributed by atoms with Crippen molar-refractivity contribution in [2.75, 3.05) is 24.4 Å². The molecule has 2 aromatic rings. The fourth-order valence-electron chi connectivity index (χ4n) is 3.22. The number of carbonyl (C=O) groups is 2. The average molecular weight is 371 g/mol. The number of carboxylic acid groups (broad SMARTS) is 1. The molecule has 0 radical (unpaired) electrons. The van der Waals surface area contributed by atoms with E-state index in [2.05, 4.69) is 10.3 Å². The number of aromatic nitrogens is 1. The van der Waals surface area contributed by atoms with E-state index in [1.807, 2.05) is 13.8 Å². The van der Waals surface area contributed by atoms with Crippen molar-refractivity contribution in [3.8, 4) is 11.5 Å². The largest absolute Gasteiger partial charge is 0.497 e. The van der Waals surface area contributed by atoms with Crippen LogP contribution in [0.3, 0.4) is 0 Å². The molecule has 8 nitrogen and oxygen atoms in total. The van der Waals surface area contributed by atoms with E-state index < -0.39 is 11.5 Å². The molecule has 0 saturated carbocycles. The molecule has 0 fully saturated rings. The second kappa shape index (κ2) is 6.79. The lowest BCUT2D eigenvalue weighted by molar-refractivity contribution is -0.123. The first-order valence-electron chi connectivity index (χ1n) is 8.30. The number of rotatable bonds is 4. The van der Waals surface area contributed by atoms with Crippen molar-refractivity contribution in [1.29, 1.82) is 0 Å². The highest BCUT2D eigenvalue weighted by Gasteiger charge is 2.41. The van der Waals surface area contributed by atoms with Gasteiger partial charge in [-0.25, -0.2) is 9.78 Å². The molecule has 0 bridgehead atoms. The number of fused-ring (bicyclic) bond motifs is 1. The van der Waals surface area contributed by atoms with Crippen molar-refractivity contribution < 1.29 is 24.2 Å². The van der Waals surface area contributed by atoms with Gasteiger partial charge in [-0.3, -0.25) is 10.1 Å². The van der Waals surface area contributed by atoms with Gasteiger partial charge in [0.1, 0.15) is 17.3 Å². The van der Waals surface area contributed by atoms with E-state index >= 15 is 0 Å². The summed E-state index contributed by atoms with van der Waals surface area (Å²) in [5, 5.41) is 11.1. The average Bonchev–Trinajstić information content (AvgIpc) is 2.64. The minimum Gasteiger partial charge on any atom is -0.497 e. The van der Waals surface area contributed by atoms with Crippen molar-refractivity contribution in [2.24, 2.45) is 0 Å². The topological polar surface area (TPSA) is 101 Å². The van der Waals surface area contributed by atoms with Crippen LogP contribution in [0.15, 0.2) is 30.5 Å². The Balaban J connectivity index is 2.05. The van der Waals surface area contributed by atoms with Crippen molar-refractivity contribution in [3.63, 3.8) is 0 Å². The van der Waals surface area contributed by atoms with E-state index in [9.17, 15) is 9.59 Å². The highest BCUT2D eigenvalue weighted by Crippen LogP contribution is 2.39. The monoisotopic (exact) mass is 371 g/mol. The fourth-order valence-corrected chi connectivity index (χ4v) is 3.22. The van der Waals surface area contributed by atoms with Crippen LogP contribution in [-0.4, -0.2) is 36.3 Å². The summed E-state index contributed by atoms with van der Waals surface area (Å²) in [6, 6.07) is 6.90. The zero-order chi connectivity index (χ0) is 19.8. The lowest BCUT2D eigenvalue weighted by Crippen LogP contribution is -2.48. The van der Waals surface area contributed by atoms with Gasteiger partial charge in [-0.2, -0.15) is 0 Å². The van der Waals surface area contributed by atoms with Crippen LogP contribution >= 0.6 is 0 Å². The zero-order valence-corrected chi connectivity index (χ0v) is 15.6. The maximum Gasteiger partial charge on any atom is 0.410 e. The maximum absolute atomic E-state index is 13.2. The van der Waals surface area contributed by atoms with E-state index in [-0.39, 0.29) is 11.7 Å². The molecule has 0 aliphatic carbocycles. The molecule has 0 saturated heterocycles. The van der Waals surface area contributed by atoms with Crippen molar-refractivity contribution in [3.05, 3.63) is 41.6 Å². The number of hydrogen-bond acceptors (Lipinski definition) is 5. The Morgan fingerprint density at radius 1 is 1.19 bits per heavy atom. The molecule has 27 heavy (non-hydrogen) atoms. The van der Waals surface area contributed by atoms with Crippen LogP contribution in [0.4, 0.5) is 16.3 Å². The van der Waals surface area contributed by atoms with Crippen LogP contribution in [0.2, 0.25) is 0 Å². The first kappa shape index (κ1) is 18.5. The molecular formula is C19H21N3O5. The van der Waals surface area contributed by atoms with Gasteiger partial charge >= 0.3 is 6.09 Å². The van der Waals surface area contributed by atoms with Crippen molar-refractivity contribution in [1.82, 2.24) is 4.98 Å². The molecule has 2 N–H and O–H groups in total. The molecule has 1 aromatic heterocycles. The third-order valence-corrected chi connectivity index (χ3v) is 4.65. The first-order valence-corrected chi connectivity index (χ1v) is 8.30. The number of ether oxygens (including phenoxy) is 2. The van der Waals surface area contributed by atoms with Gasteiger partial charge in [-0.05, 0) is 31.0 Å². The standard InChI is InChI=1S/C19H21N3O5/c1-19(2)15-8-16(21-18(24)25)20-9-11(15)10-22(17(19)23)12-5-13(26-3)7-14(6-12)27-4/h5-9H,10H2,1-4H3,(H,20,21)(H,24,25). The van der Waals surface area contributed by atoms with Crippen LogP contribution in [0.5, 0.6) is 11.5 Å². The summed E-state index contributed by atoms with van der Waals surface area (Å²) in [4.78, 5) is 29.9. The highest BCUT2D eigenvalue weighted by molar-refractivity contribution is 6.03. The number of benzene rings is 1. The first-order chi connectivity index (χ1) is 12.8. The van der Waals surface area contributed by atoms with Crippen LogP contribution in [-0.2, 0) is 16.8 Å². The van der Waals surface area contributed by atoms with Gasteiger partial charge in [0.15, 0.2) is 0 Å². The quantitative estimate of drug-likeness (QED) is 0.857. The molecular weight excluding hydrogens is 350 g/mol. The molecule has 0 atom stereocenters. The SMILES string of the molecule is COc1cc(OC)cc(N2Cc3cnc(NC(=O)O)cc3C(C)(C)C2=O)c1. The number of nitrogens with one attached hydrogen (secondary N) is 1. The number of nitrogens with zero attached hydrogens (tertiary/aromatic N) is 2. The summed E-state index contributed by atoms with van der Waals surface area (Å²) in [7, 11) is 3.10. The van der Waals surface area contributed by atoms with E-state index in [0.717, 1.165) is 11.1 Å². The van der Waals surface area contributed by atoms with Crippen LogP contribution < -0.4 is 19.7 Å². The molecule has 3 rings (SSSR count). The minimum absolute atomic E-state index is 0.113. The summed E-state index contributed by atoms with van der Waals surface area (Å²) >= 11 is 0. The molecule has 1 aliphatic heterocycles. The number of carbonyl (C=O) groups excluding carboxylic acids is 1. The molecule has 142 valence electrons. The van der Waals surface area contributed by atoms with E-state index in [1.54, 1.807) is 49.6 Å². The molecule has 1 aromatic carbocycles. The van der Waals surface area contributed by atoms with Crippen LogP contribution in [0, 0.1) is 0 Å². The fraction of sp³-hybridized carbons (Fsp3) is 0.316. The predicted octanol–water partition coefficient (Wildman–Crippen LogP) is 3.01. The maximum atomic E-state index is 13.2. The van der Waals surface area contributed by atoms with Gasteiger partial charge in [0, 0.05) is 24.4 Å². The molecule has 1 aliphatic rings. The highest BCUT2D eigenvalue weighted by atomic mass is 16.5. The molecule has 2 amide bonds. The third kappa shape index (κ3) is 3.38. The molecule has 2 heterocycles. The van der Waals surface area contributed by atoms with E-state index in [1.165, 1.54) is 0 Å². The van der Waals surface area contributed by atoms with E-state index in [4.69, 9.17) is 14.6 Å². The molecule has 8 heteroatoms. The Kier molecular flexibility index (Phi) is 4.65. The van der Waals surface area contributed by atoms with Gasteiger partial charge in [0.25, 0.3) is 0 Å². The Morgan fingerprint density at radius 3 is 2.37 bits per heavy atom. The third-order valence-electron chi connectivity index (χ3n) is 4.65. The Bertz CT molecular complexity index is 888. The Hall–Kier alpha value is -3.29. The van der Waals surface area contributed by atoms with Crippen LogP contribution in [0.25, 0.3) is 0 Å². The Labute approximate surface area is 156 Å². The second-order valence-electron chi connectivity index (χ2n) is 6.74. The lowest BCUT2D eigenvalue weighted by Gasteiger charge is -2.39. The minimum atomic E-state index is -1.20. The number of methoxy groups -OCH3 is 2. The van der Waals surface area contributed by atoms with E-state index in [0.29, 0.717) is 23.7 Å². The number of pyridine rings is 1. The zero-order valence-electron chi connectivity index (χ0n) is 15.6. The van der Waals surface area contributed by atoms with Gasteiger partial charge in [0.2, 0.25) is 5.91 Å². The van der Waals surface area contributed by atoms with Crippen LogP contribution in [0.1, 0.15) is 25.0 Å².